The number of ether oxygens (including phenoxy) is 3. The van der Waals surface area contributed by atoms with Crippen LogP contribution in [0.3, 0.4) is 0 Å². The van der Waals surface area contributed by atoms with Crippen LogP contribution in [0.1, 0.15) is 291 Å². The zero-order chi connectivity index (χ0) is 71.1. The number of hydrogen-bond donors (Lipinski definition) is 4. The van der Waals surface area contributed by atoms with Crippen LogP contribution < -0.4 is 10.6 Å². The molecule has 4 N–H and O–H groups in total. The number of allylic oxidation sites excluding steroid dienone is 1. The molecule has 0 saturated heterocycles. The maximum absolute atomic E-state index is 16.0. The zero-order valence-corrected chi connectivity index (χ0v) is 63.3. The molecule has 3 aliphatic rings. The molecule has 0 bridgehead atoms. The molecule has 17 heteroatoms. The largest absolute Gasteiger partial charge is 0.481 e. The van der Waals surface area contributed by atoms with E-state index in [1.54, 1.807) is 0 Å². The number of carbonyl (C=O) groups excluding carboxylic acids is 5. The van der Waals surface area contributed by atoms with Crippen molar-refractivity contribution >= 4 is 71.2 Å². The quantitative estimate of drug-likeness (QED) is 0.0348. The van der Waals surface area contributed by atoms with Crippen molar-refractivity contribution in [1.29, 1.82) is 0 Å². The number of aromatic nitrogens is 1. The van der Waals surface area contributed by atoms with Gasteiger partial charge in [0.1, 0.15) is 40.2 Å². The monoisotopic (exact) mass is 1320 g/mol. The first-order chi connectivity index (χ1) is 42.7. The van der Waals surface area contributed by atoms with Crippen LogP contribution in [-0.4, -0.2) is 92.1 Å². The predicted octanol–water partition coefficient (Wildman–Crippen LogP) is 17.7. The number of carbonyl (C=O) groups is 7. The van der Waals surface area contributed by atoms with E-state index in [1.807, 2.05) is 93.9 Å². The molecule has 16 nitrogen and oxygen atoms in total. The first-order valence-electron chi connectivity index (χ1n) is 35.3. The molecule has 2 aliphatic carbocycles. The molecule has 0 aromatic carbocycles. The molecule has 1 aromatic heterocycles. The van der Waals surface area contributed by atoms with Crippen molar-refractivity contribution in [1.82, 2.24) is 9.88 Å². The molecular formula is C76H126N4O12S. The molecule has 528 valence electrons. The van der Waals surface area contributed by atoms with Gasteiger partial charge >= 0.3 is 29.8 Å². The Hall–Kier alpha value is -4.93. The molecule has 2 saturated carbocycles. The molecule has 1 aromatic rings. The Balaban J connectivity index is 2.12. The lowest BCUT2D eigenvalue weighted by molar-refractivity contribution is -0.164. The fourth-order valence-corrected chi connectivity index (χ4v) is 16.0. The van der Waals surface area contributed by atoms with Gasteiger partial charge in [-0.1, -0.05) is 159 Å². The maximum Gasteiger partial charge on any atom is 0.342 e. The Bertz CT molecular complexity index is 2860. The summed E-state index contributed by atoms with van der Waals surface area (Å²) in [6.45, 7) is 52.7. The van der Waals surface area contributed by atoms with Gasteiger partial charge in [-0.15, -0.1) is 11.8 Å². The van der Waals surface area contributed by atoms with Crippen LogP contribution in [0.25, 0.3) is 6.08 Å². The number of amides is 2. The third-order valence-corrected chi connectivity index (χ3v) is 23.1. The summed E-state index contributed by atoms with van der Waals surface area (Å²) in [5.41, 5.74) is -1.05. The highest BCUT2D eigenvalue weighted by molar-refractivity contribution is 8.00. The van der Waals surface area contributed by atoms with Gasteiger partial charge in [-0.2, -0.15) is 0 Å². The zero-order valence-electron chi connectivity index (χ0n) is 62.5. The average molecular weight is 1320 g/mol. The molecule has 2 fully saturated rings. The van der Waals surface area contributed by atoms with Crippen LogP contribution in [0.15, 0.2) is 21.8 Å². The van der Waals surface area contributed by atoms with E-state index in [-0.39, 0.29) is 104 Å². The van der Waals surface area contributed by atoms with Gasteiger partial charge in [0.05, 0.1) is 24.1 Å². The third-order valence-electron chi connectivity index (χ3n) is 21.8. The highest BCUT2D eigenvalue weighted by Crippen LogP contribution is 2.53. The lowest BCUT2D eigenvalue weighted by atomic mass is 9.59. The van der Waals surface area contributed by atoms with Crippen molar-refractivity contribution in [3.05, 3.63) is 33.7 Å². The summed E-state index contributed by atoms with van der Waals surface area (Å²) in [6, 6.07) is 0. The summed E-state index contributed by atoms with van der Waals surface area (Å²) in [5, 5.41) is 24.7. The van der Waals surface area contributed by atoms with Crippen molar-refractivity contribution in [2.45, 2.75) is 286 Å². The number of rotatable bonds is 28. The minimum atomic E-state index is -1.21. The number of amidine groups is 1. The van der Waals surface area contributed by atoms with E-state index < -0.39 is 64.0 Å². The van der Waals surface area contributed by atoms with Crippen molar-refractivity contribution < 1.29 is 58.0 Å². The van der Waals surface area contributed by atoms with E-state index >= 15 is 19.2 Å². The molecule has 5 unspecified atom stereocenters. The van der Waals surface area contributed by atoms with E-state index in [9.17, 15) is 24.6 Å². The second-order valence-electron chi connectivity index (χ2n) is 33.7. The molecule has 5 atom stereocenters. The summed E-state index contributed by atoms with van der Waals surface area (Å²) in [5.74, 6) is -3.80. The second-order valence-corrected chi connectivity index (χ2v) is 35.0. The molecule has 4 rings (SSSR count). The summed E-state index contributed by atoms with van der Waals surface area (Å²) in [7, 11) is 1.82. The number of anilines is 1. The first kappa shape index (κ1) is 80.5. The fourth-order valence-electron chi connectivity index (χ4n) is 15.0. The fraction of sp³-hybridized carbons (Fsp3) is 0.789. The smallest absolute Gasteiger partial charge is 0.342 e. The van der Waals surface area contributed by atoms with Crippen LogP contribution in [0.4, 0.5) is 5.82 Å². The normalized spacial score (nSPS) is 22.8. The van der Waals surface area contributed by atoms with Crippen molar-refractivity contribution in [3.63, 3.8) is 0 Å². The van der Waals surface area contributed by atoms with E-state index in [0.717, 1.165) is 37.4 Å². The summed E-state index contributed by atoms with van der Waals surface area (Å²) >= 11 is 1.04. The summed E-state index contributed by atoms with van der Waals surface area (Å²) < 4.78 is 21.8. The van der Waals surface area contributed by atoms with Gasteiger partial charge in [0, 0.05) is 47.2 Å². The second kappa shape index (κ2) is 32.0. The number of carboxylic acid groups (broad SMARTS) is 2. The van der Waals surface area contributed by atoms with Crippen LogP contribution in [-0.2, 0) is 50.0 Å². The van der Waals surface area contributed by atoms with Crippen molar-refractivity contribution in [2.75, 3.05) is 17.7 Å². The van der Waals surface area contributed by atoms with Crippen LogP contribution >= 0.6 is 11.8 Å². The number of nitrogens with zero attached hydrogens (tertiary/aromatic N) is 2. The lowest BCUT2D eigenvalue weighted by Crippen LogP contribution is -2.50. The molecule has 2 amide bonds. The molecule has 1 aliphatic heterocycles. The molecule has 0 spiro atoms. The van der Waals surface area contributed by atoms with Gasteiger partial charge in [0.2, 0.25) is 11.8 Å². The standard InChI is InChI=1S/C76H126N4O12S/c1-27-74(24,25)69(89)90-36-32-34-75(28-2,29-3)68(88)79-63-59(66(86)92-61-50(72(18,19)20)40-47(11)41-51(61)73(21,22)23)57(45(8)9)53(80(63)26)42-52-56(44(6)7)58(65(85)91-60-48(70(12,13)14)38-46(10)39-49(60)71(15,16)17)62(77-52)78-67(87)76(30-4,31-5)35-33-37-93-54(64(83)84)43-55(81)82/h42,44-51,54,60-61H,27-41,43H2,1-26H3,(H,79,88)(H,81,82)(H,83,84)(H,77,78,87)/b52-42-. The minimum absolute atomic E-state index is 0.00104. The number of aliphatic imine (C=N–C) groups is 1. The molecular weight excluding hydrogens is 1190 g/mol. The van der Waals surface area contributed by atoms with E-state index in [0.29, 0.717) is 97.9 Å². The highest BCUT2D eigenvalue weighted by Gasteiger charge is 2.52. The van der Waals surface area contributed by atoms with Crippen LogP contribution in [0.5, 0.6) is 0 Å². The maximum atomic E-state index is 16.0. The Morgan fingerprint density at radius 2 is 1.05 bits per heavy atom. The number of aliphatic carboxylic acids is 2. The first-order valence-corrected chi connectivity index (χ1v) is 36.3. The van der Waals surface area contributed by atoms with Crippen LogP contribution in [0, 0.1) is 79.3 Å². The van der Waals surface area contributed by atoms with E-state index in [4.69, 9.17) is 19.2 Å². The molecule has 2 heterocycles. The topological polar surface area (TPSA) is 229 Å². The van der Waals surface area contributed by atoms with Gasteiger partial charge in [-0.05, 0) is 166 Å². The molecule has 93 heavy (non-hydrogen) atoms. The summed E-state index contributed by atoms with van der Waals surface area (Å²) in [6.07, 6.45) is 7.84. The van der Waals surface area contributed by atoms with E-state index in [2.05, 4.69) is 108 Å². The number of hydrogen-bond acceptors (Lipinski definition) is 12. The highest BCUT2D eigenvalue weighted by atomic mass is 32.2. The van der Waals surface area contributed by atoms with Gasteiger partial charge in [-0.25, -0.2) is 14.6 Å². The predicted molar refractivity (Wildman–Crippen MR) is 377 cm³/mol. The number of nitrogens with one attached hydrogen (secondary N) is 2. The van der Waals surface area contributed by atoms with E-state index in [1.165, 1.54) is 0 Å². The number of esters is 3. The van der Waals surface area contributed by atoms with Gasteiger partial charge in [0.15, 0.2) is 0 Å². The SMILES string of the molecule is CCC(C)(C)C(=O)OCCCC(CC)(CC)C(=O)Nc1c(C(=O)OC2C(C(C)(C)C)CC(C)CC2C(C)(C)C)c(C(C)C)c(/C=C2\N=C(NC(=O)C(CC)(CC)CCCSC(CC(=O)O)C(=O)O)C(C(=O)OC3C(C(C)(C)C)CC(C)CC3C(C)(C)C)=C2C(C)C)n1C. The van der Waals surface area contributed by atoms with Crippen molar-refractivity contribution in [2.24, 2.45) is 91.4 Å². The number of thioether (sulfide) groups is 1. The summed E-state index contributed by atoms with van der Waals surface area (Å²) in [4.78, 5) is 105. The average Bonchev–Trinajstić information content (AvgIpc) is 1.73. The van der Waals surface area contributed by atoms with Gasteiger partial charge in [-0.3, -0.25) is 24.0 Å². The minimum Gasteiger partial charge on any atom is -0.481 e. The molecule has 0 radical (unpaired) electrons. The van der Waals surface area contributed by atoms with Gasteiger partial charge in [0.25, 0.3) is 0 Å². The Kier molecular flexibility index (Phi) is 27.7. The van der Waals surface area contributed by atoms with Crippen LogP contribution in [0.2, 0.25) is 0 Å². The third kappa shape index (κ3) is 19.4. The Morgan fingerprint density at radius 3 is 1.44 bits per heavy atom. The Morgan fingerprint density at radius 1 is 0.624 bits per heavy atom. The Labute approximate surface area is 565 Å². The van der Waals surface area contributed by atoms with Crippen molar-refractivity contribution in [3.8, 4) is 0 Å². The van der Waals surface area contributed by atoms with Gasteiger partial charge < -0.3 is 39.6 Å². The lowest BCUT2D eigenvalue weighted by Gasteiger charge is -2.50. The number of carboxylic acids is 2.